The molecule has 0 saturated carbocycles. The molecule has 2 aromatic rings. The molecule has 0 aliphatic heterocycles. The van der Waals surface area contributed by atoms with Crippen LogP contribution in [-0.2, 0) is 26.5 Å². The third-order valence-corrected chi connectivity index (χ3v) is 5.22. The zero-order valence-electron chi connectivity index (χ0n) is 14.7. The molecular weight excluding hydrogens is 327 g/mol. The quantitative estimate of drug-likeness (QED) is 0.659. The molecule has 0 heterocycles. The van der Waals surface area contributed by atoms with Crippen LogP contribution < -0.4 is 4.52 Å². The molecule has 0 fully saturated rings. The van der Waals surface area contributed by atoms with Crippen LogP contribution >= 0.6 is 7.82 Å². The van der Waals surface area contributed by atoms with Crippen LogP contribution in [0.4, 0.5) is 0 Å². The molecule has 24 heavy (non-hydrogen) atoms. The Balaban J connectivity index is 2.66. The van der Waals surface area contributed by atoms with Crippen molar-refractivity contribution in [1.29, 1.82) is 0 Å². The van der Waals surface area contributed by atoms with E-state index in [4.69, 9.17) is 13.6 Å². The molecule has 1 N–H and O–H groups in total. The summed E-state index contributed by atoms with van der Waals surface area (Å²) in [6.07, 6.45) is 3.49. The topological polar surface area (TPSA) is 65.0 Å². The number of aromatic hydroxyl groups is 1. The van der Waals surface area contributed by atoms with Crippen LogP contribution in [0.1, 0.15) is 37.8 Å². The zero-order chi connectivity index (χ0) is 17.7. The van der Waals surface area contributed by atoms with E-state index in [0.717, 1.165) is 30.4 Å². The minimum atomic E-state index is -3.68. The smallest absolute Gasteiger partial charge is 0.507 e. The van der Waals surface area contributed by atoms with Crippen molar-refractivity contribution >= 4 is 18.6 Å². The Hall–Kier alpha value is -1.55. The van der Waals surface area contributed by atoms with Crippen molar-refractivity contribution in [1.82, 2.24) is 0 Å². The first-order valence-corrected chi connectivity index (χ1v) is 9.62. The van der Waals surface area contributed by atoms with Crippen LogP contribution in [0.25, 0.3) is 10.8 Å². The average Bonchev–Trinajstić information content (AvgIpc) is 2.59. The molecule has 0 saturated heterocycles. The van der Waals surface area contributed by atoms with E-state index in [9.17, 15) is 9.67 Å². The van der Waals surface area contributed by atoms with Crippen molar-refractivity contribution in [3.8, 4) is 11.5 Å². The first-order valence-electron chi connectivity index (χ1n) is 8.16. The fourth-order valence-corrected chi connectivity index (χ4v) is 3.49. The lowest BCUT2D eigenvalue weighted by Gasteiger charge is -2.19. The van der Waals surface area contributed by atoms with Crippen molar-refractivity contribution < 1.29 is 23.2 Å². The summed E-state index contributed by atoms with van der Waals surface area (Å²) in [6, 6.07) is 7.51. The molecule has 6 heteroatoms. The highest BCUT2D eigenvalue weighted by atomic mass is 31.2. The molecule has 5 nitrogen and oxygen atoms in total. The highest BCUT2D eigenvalue weighted by molar-refractivity contribution is 7.48. The van der Waals surface area contributed by atoms with Gasteiger partial charge < -0.3 is 9.63 Å². The standard InChI is InChI=1S/C18H25O5P/c1-5-7-13-9-10-15-16(11-13)17(19)12-14(8-6-2)18(15)23-24(20,21-3)22-4/h9-12,19H,5-8H2,1-4H3. The normalized spacial score (nSPS) is 11.8. The summed E-state index contributed by atoms with van der Waals surface area (Å²) in [5, 5.41) is 11.8. The second-order valence-electron chi connectivity index (χ2n) is 5.67. The van der Waals surface area contributed by atoms with Gasteiger partial charge in [0.15, 0.2) is 0 Å². The molecule has 0 amide bonds. The van der Waals surface area contributed by atoms with Gasteiger partial charge in [-0.15, -0.1) is 0 Å². The summed E-state index contributed by atoms with van der Waals surface area (Å²) < 4.78 is 27.9. The molecule has 132 valence electrons. The predicted molar refractivity (Wildman–Crippen MR) is 95.9 cm³/mol. The van der Waals surface area contributed by atoms with E-state index in [0.29, 0.717) is 22.9 Å². The first kappa shape index (κ1) is 18.8. The van der Waals surface area contributed by atoms with Gasteiger partial charge in [-0.05, 0) is 36.1 Å². The summed E-state index contributed by atoms with van der Waals surface area (Å²) in [4.78, 5) is 0. The van der Waals surface area contributed by atoms with Crippen LogP contribution in [0.3, 0.4) is 0 Å². The molecule has 0 bridgehead atoms. The highest BCUT2D eigenvalue weighted by Crippen LogP contribution is 2.51. The van der Waals surface area contributed by atoms with E-state index in [2.05, 4.69) is 6.92 Å². The van der Waals surface area contributed by atoms with E-state index >= 15 is 0 Å². The van der Waals surface area contributed by atoms with Crippen molar-refractivity contribution in [3.63, 3.8) is 0 Å². The maximum Gasteiger partial charge on any atom is 0.529 e. The molecule has 0 aromatic heterocycles. The van der Waals surface area contributed by atoms with Gasteiger partial charge in [-0.25, -0.2) is 4.57 Å². The minimum Gasteiger partial charge on any atom is -0.507 e. The highest BCUT2D eigenvalue weighted by Gasteiger charge is 2.27. The molecule has 2 rings (SSSR count). The Morgan fingerprint density at radius 3 is 2.25 bits per heavy atom. The molecule has 0 atom stereocenters. The number of fused-ring (bicyclic) bond motifs is 1. The van der Waals surface area contributed by atoms with Gasteiger partial charge in [0.2, 0.25) is 0 Å². The summed E-state index contributed by atoms with van der Waals surface area (Å²) >= 11 is 0. The maximum absolute atomic E-state index is 12.4. The second-order valence-corrected chi connectivity index (χ2v) is 7.47. The number of phosphoric ester groups is 1. The summed E-state index contributed by atoms with van der Waals surface area (Å²) in [7, 11) is -1.11. The summed E-state index contributed by atoms with van der Waals surface area (Å²) in [5.41, 5.74) is 1.91. The van der Waals surface area contributed by atoms with E-state index < -0.39 is 7.82 Å². The first-order chi connectivity index (χ1) is 11.5. The summed E-state index contributed by atoms with van der Waals surface area (Å²) in [5.74, 6) is 0.642. The lowest BCUT2D eigenvalue weighted by molar-refractivity contribution is 0.211. The lowest BCUT2D eigenvalue weighted by atomic mass is 9.98. The van der Waals surface area contributed by atoms with Gasteiger partial charge >= 0.3 is 7.82 Å². The monoisotopic (exact) mass is 352 g/mol. The summed E-state index contributed by atoms with van der Waals surface area (Å²) in [6.45, 7) is 4.14. The number of phenolic OH excluding ortho intramolecular Hbond substituents is 1. The number of aryl methyl sites for hydroxylation is 2. The van der Waals surface area contributed by atoms with E-state index in [1.165, 1.54) is 14.2 Å². The van der Waals surface area contributed by atoms with Crippen molar-refractivity contribution in [2.45, 2.75) is 39.5 Å². The van der Waals surface area contributed by atoms with Crippen molar-refractivity contribution in [2.24, 2.45) is 0 Å². The molecule has 0 aliphatic carbocycles. The van der Waals surface area contributed by atoms with Crippen molar-refractivity contribution in [2.75, 3.05) is 14.2 Å². The lowest BCUT2D eigenvalue weighted by Crippen LogP contribution is -2.01. The van der Waals surface area contributed by atoms with E-state index in [-0.39, 0.29) is 5.75 Å². The van der Waals surface area contributed by atoms with Gasteiger partial charge in [0, 0.05) is 25.0 Å². The Labute approximate surface area is 143 Å². The maximum atomic E-state index is 12.4. The molecule has 2 aromatic carbocycles. The number of benzene rings is 2. The number of phosphoric acid groups is 1. The van der Waals surface area contributed by atoms with Crippen LogP contribution in [0.2, 0.25) is 0 Å². The third-order valence-electron chi connectivity index (χ3n) is 3.92. The van der Waals surface area contributed by atoms with E-state index in [1.54, 1.807) is 6.07 Å². The zero-order valence-corrected chi connectivity index (χ0v) is 15.6. The fraction of sp³-hybridized carbons (Fsp3) is 0.444. The molecule has 0 aliphatic rings. The van der Waals surface area contributed by atoms with Gasteiger partial charge in [-0.2, -0.15) is 0 Å². The predicted octanol–water partition coefficient (Wildman–Crippen LogP) is 5.23. The SMILES string of the molecule is CCCc1ccc2c(OP(=O)(OC)OC)c(CCC)cc(O)c2c1. The molecule has 0 spiro atoms. The average molecular weight is 352 g/mol. The third kappa shape index (κ3) is 3.92. The van der Waals surface area contributed by atoms with Gasteiger partial charge in [0.25, 0.3) is 0 Å². The van der Waals surface area contributed by atoms with Crippen molar-refractivity contribution in [3.05, 3.63) is 35.4 Å². The van der Waals surface area contributed by atoms with Gasteiger partial charge in [-0.1, -0.05) is 38.8 Å². The Bertz CT molecular complexity index is 749. The van der Waals surface area contributed by atoms with E-state index in [1.807, 2.05) is 25.1 Å². The fourth-order valence-electron chi connectivity index (χ4n) is 2.75. The Kier molecular flexibility index (Phi) is 6.27. The number of phenols is 1. The molecule has 0 radical (unpaired) electrons. The van der Waals surface area contributed by atoms with Crippen LogP contribution in [0.5, 0.6) is 11.5 Å². The largest absolute Gasteiger partial charge is 0.529 e. The second kappa shape index (κ2) is 8.02. The Morgan fingerprint density at radius 2 is 1.67 bits per heavy atom. The molecule has 0 unspecified atom stereocenters. The molecular formula is C18H25O5P. The van der Waals surface area contributed by atoms with Gasteiger partial charge in [-0.3, -0.25) is 9.05 Å². The van der Waals surface area contributed by atoms with Gasteiger partial charge in [0.05, 0.1) is 0 Å². The van der Waals surface area contributed by atoms with Crippen LogP contribution in [0.15, 0.2) is 24.3 Å². The van der Waals surface area contributed by atoms with Gasteiger partial charge in [0.1, 0.15) is 11.5 Å². The van der Waals surface area contributed by atoms with Crippen LogP contribution in [0, 0.1) is 0 Å². The number of hydrogen-bond donors (Lipinski definition) is 1. The minimum absolute atomic E-state index is 0.198. The Morgan fingerprint density at radius 1 is 1.00 bits per heavy atom. The number of rotatable bonds is 8. The number of hydrogen-bond acceptors (Lipinski definition) is 5. The van der Waals surface area contributed by atoms with Crippen LogP contribution in [-0.4, -0.2) is 19.3 Å².